The average molecular weight is 464 g/mol. The summed E-state index contributed by atoms with van der Waals surface area (Å²) in [4.78, 5) is 4.91. The third kappa shape index (κ3) is 3.40. The standard InChI is InChI=1S/C33H22NP/c1-3-10-27(11-4-1)35(28-12-5-2-6-13-28)31-22-26(20-21-34-31)29-18-16-25-15-14-23-8-7-9-24-17-19-30(29)33(25)32(23)24/h1-22H. The number of nitrogens with zero attached hydrogens (tertiary/aromatic N) is 1. The van der Waals surface area contributed by atoms with Crippen LogP contribution in [0, 0.1) is 0 Å². The van der Waals surface area contributed by atoms with Crippen LogP contribution in [0.5, 0.6) is 0 Å². The van der Waals surface area contributed by atoms with E-state index < -0.39 is 7.92 Å². The molecule has 0 N–H and O–H groups in total. The van der Waals surface area contributed by atoms with Crippen molar-refractivity contribution in [3.63, 3.8) is 0 Å². The predicted octanol–water partition coefficient (Wildman–Crippen LogP) is 7.40. The quantitative estimate of drug-likeness (QED) is 0.196. The molecule has 6 aromatic carbocycles. The number of hydrogen-bond acceptors (Lipinski definition) is 1. The molecule has 0 aliphatic carbocycles. The molecular formula is C33H22NP. The highest BCUT2D eigenvalue weighted by Crippen LogP contribution is 2.40. The van der Waals surface area contributed by atoms with E-state index >= 15 is 0 Å². The van der Waals surface area contributed by atoms with Gasteiger partial charge in [-0.2, -0.15) is 0 Å². The van der Waals surface area contributed by atoms with Crippen LogP contribution < -0.4 is 16.0 Å². The molecule has 0 radical (unpaired) electrons. The van der Waals surface area contributed by atoms with Crippen molar-refractivity contribution in [2.75, 3.05) is 0 Å². The van der Waals surface area contributed by atoms with Crippen LogP contribution in [-0.2, 0) is 0 Å². The van der Waals surface area contributed by atoms with Crippen LogP contribution in [-0.4, -0.2) is 4.98 Å². The van der Waals surface area contributed by atoms with E-state index in [0.29, 0.717) is 0 Å². The van der Waals surface area contributed by atoms with Gasteiger partial charge in [0.05, 0.1) is 5.44 Å². The average Bonchev–Trinajstić information content (AvgIpc) is 2.93. The van der Waals surface area contributed by atoms with E-state index in [9.17, 15) is 0 Å². The topological polar surface area (TPSA) is 12.9 Å². The zero-order valence-corrected chi connectivity index (χ0v) is 20.0. The normalized spacial score (nSPS) is 11.7. The Labute approximate surface area is 205 Å². The molecule has 0 atom stereocenters. The van der Waals surface area contributed by atoms with Crippen LogP contribution in [0.25, 0.3) is 43.4 Å². The van der Waals surface area contributed by atoms with Crippen LogP contribution in [0.3, 0.4) is 0 Å². The number of aromatic nitrogens is 1. The van der Waals surface area contributed by atoms with Crippen LogP contribution in [0.15, 0.2) is 134 Å². The maximum atomic E-state index is 4.91. The summed E-state index contributed by atoms with van der Waals surface area (Å²) in [5.74, 6) is 0. The van der Waals surface area contributed by atoms with Crippen molar-refractivity contribution in [2.24, 2.45) is 0 Å². The Morgan fingerprint density at radius 3 is 1.77 bits per heavy atom. The van der Waals surface area contributed by atoms with Gasteiger partial charge < -0.3 is 0 Å². The van der Waals surface area contributed by atoms with Crippen molar-refractivity contribution in [3.05, 3.63) is 134 Å². The number of benzene rings is 6. The van der Waals surface area contributed by atoms with Crippen molar-refractivity contribution in [2.45, 2.75) is 0 Å². The molecule has 0 amide bonds. The van der Waals surface area contributed by atoms with Gasteiger partial charge in [0.1, 0.15) is 0 Å². The molecule has 0 saturated carbocycles. The molecular weight excluding hydrogens is 441 g/mol. The largest absolute Gasteiger partial charge is 0.256 e. The summed E-state index contributed by atoms with van der Waals surface area (Å²) in [6, 6.07) is 46.2. The lowest BCUT2D eigenvalue weighted by molar-refractivity contribution is 1.39. The second-order valence-corrected chi connectivity index (χ2v) is 11.0. The summed E-state index contributed by atoms with van der Waals surface area (Å²) in [5, 5.41) is 10.5. The molecule has 0 saturated heterocycles. The molecule has 7 aromatic rings. The highest BCUT2D eigenvalue weighted by atomic mass is 31.1. The summed E-state index contributed by atoms with van der Waals surface area (Å²) in [6.45, 7) is 0. The van der Waals surface area contributed by atoms with Gasteiger partial charge in [0, 0.05) is 14.1 Å². The van der Waals surface area contributed by atoms with Gasteiger partial charge in [-0.3, -0.25) is 4.98 Å². The molecule has 7 rings (SSSR count). The van der Waals surface area contributed by atoms with Crippen LogP contribution >= 0.6 is 7.92 Å². The molecule has 0 spiro atoms. The predicted molar refractivity (Wildman–Crippen MR) is 152 cm³/mol. The molecule has 0 bridgehead atoms. The van der Waals surface area contributed by atoms with E-state index in [4.69, 9.17) is 4.98 Å². The minimum Gasteiger partial charge on any atom is -0.256 e. The summed E-state index contributed by atoms with van der Waals surface area (Å²) < 4.78 is 0. The molecule has 0 unspecified atom stereocenters. The van der Waals surface area contributed by atoms with Gasteiger partial charge in [-0.1, -0.05) is 115 Å². The van der Waals surface area contributed by atoms with Crippen molar-refractivity contribution in [3.8, 4) is 11.1 Å². The summed E-state index contributed by atoms with van der Waals surface area (Å²) >= 11 is 0. The van der Waals surface area contributed by atoms with E-state index in [0.717, 1.165) is 5.44 Å². The summed E-state index contributed by atoms with van der Waals surface area (Å²) in [6.07, 6.45) is 1.98. The summed E-state index contributed by atoms with van der Waals surface area (Å²) in [7, 11) is -0.747. The molecule has 35 heavy (non-hydrogen) atoms. The third-order valence-corrected chi connectivity index (χ3v) is 9.17. The lowest BCUT2D eigenvalue weighted by Gasteiger charge is -2.19. The first-order valence-corrected chi connectivity index (χ1v) is 13.2. The Kier molecular flexibility index (Phi) is 4.82. The SMILES string of the molecule is c1ccc(P(c2ccccc2)c2cc(-c3ccc4ccc5cccc6ccc3c4c56)ccn2)cc1. The monoisotopic (exact) mass is 463 g/mol. The van der Waals surface area contributed by atoms with E-state index in [1.807, 2.05) is 6.20 Å². The molecule has 1 heterocycles. The van der Waals surface area contributed by atoms with Crippen molar-refractivity contribution in [1.82, 2.24) is 4.98 Å². The second kappa shape index (κ2) is 8.31. The van der Waals surface area contributed by atoms with E-state index in [1.54, 1.807) is 0 Å². The van der Waals surface area contributed by atoms with Crippen LogP contribution in [0.4, 0.5) is 0 Å². The third-order valence-electron chi connectivity index (χ3n) is 6.84. The first kappa shape index (κ1) is 20.3. The van der Waals surface area contributed by atoms with Gasteiger partial charge in [0.25, 0.3) is 0 Å². The molecule has 1 aromatic heterocycles. The van der Waals surface area contributed by atoms with Gasteiger partial charge in [-0.15, -0.1) is 0 Å². The highest BCUT2D eigenvalue weighted by molar-refractivity contribution is 7.79. The molecule has 0 fully saturated rings. The first-order valence-electron chi connectivity index (χ1n) is 11.9. The Bertz CT molecular complexity index is 1740. The van der Waals surface area contributed by atoms with E-state index in [-0.39, 0.29) is 0 Å². The fourth-order valence-corrected chi connectivity index (χ4v) is 7.48. The van der Waals surface area contributed by atoms with Crippen LogP contribution in [0.1, 0.15) is 0 Å². The Morgan fingerprint density at radius 2 is 1.09 bits per heavy atom. The highest BCUT2D eigenvalue weighted by Gasteiger charge is 2.19. The smallest absolute Gasteiger partial charge is 0.0727 e. The molecule has 2 heteroatoms. The number of hydrogen-bond donors (Lipinski definition) is 0. The Balaban J connectivity index is 1.45. The molecule has 0 aliphatic heterocycles. The summed E-state index contributed by atoms with van der Waals surface area (Å²) in [5.41, 5.74) is 3.60. The zero-order chi connectivity index (χ0) is 23.2. The Hall–Kier alpha value is -4.06. The van der Waals surface area contributed by atoms with Crippen molar-refractivity contribution in [1.29, 1.82) is 0 Å². The van der Waals surface area contributed by atoms with Crippen molar-refractivity contribution < 1.29 is 0 Å². The van der Waals surface area contributed by atoms with Gasteiger partial charge in [-0.25, -0.2) is 0 Å². The fourth-order valence-electron chi connectivity index (χ4n) is 5.26. The molecule has 1 nitrogen and oxygen atoms in total. The fraction of sp³-hybridized carbons (Fsp3) is 0. The van der Waals surface area contributed by atoms with Gasteiger partial charge >= 0.3 is 0 Å². The first-order chi connectivity index (χ1) is 17.4. The minimum absolute atomic E-state index is 0.747. The zero-order valence-electron chi connectivity index (χ0n) is 19.1. The van der Waals surface area contributed by atoms with Gasteiger partial charge in [-0.05, 0) is 66.2 Å². The van der Waals surface area contributed by atoms with Crippen LogP contribution in [0.2, 0.25) is 0 Å². The van der Waals surface area contributed by atoms with Gasteiger partial charge in [0.2, 0.25) is 0 Å². The number of rotatable bonds is 4. The Morgan fingerprint density at radius 1 is 0.486 bits per heavy atom. The van der Waals surface area contributed by atoms with E-state index in [1.165, 1.54) is 54.1 Å². The maximum Gasteiger partial charge on any atom is 0.0727 e. The molecule has 0 aliphatic rings. The lowest BCUT2D eigenvalue weighted by atomic mass is 9.90. The lowest BCUT2D eigenvalue weighted by Crippen LogP contribution is -2.22. The minimum atomic E-state index is -0.747. The maximum absolute atomic E-state index is 4.91. The van der Waals surface area contributed by atoms with Crippen molar-refractivity contribution >= 4 is 56.3 Å². The van der Waals surface area contributed by atoms with E-state index in [2.05, 4.69) is 127 Å². The molecule has 164 valence electrons. The second-order valence-electron chi connectivity index (χ2n) is 8.88. The van der Waals surface area contributed by atoms with Gasteiger partial charge in [0.15, 0.2) is 0 Å². The number of pyridine rings is 1.